The number of ether oxygens (including phenoxy) is 1. The zero-order valence-electron chi connectivity index (χ0n) is 18.2. The minimum Gasteiger partial charge on any atom is -0.489 e. The van der Waals surface area contributed by atoms with Gasteiger partial charge in [0.05, 0.1) is 18.7 Å². The number of benzene rings is 2. The monoisotopic (exact) mass is 450 g/mol. The number of aromatic carboxylic acids is 1. The van der Waals surface area contributed by atoms with Gasteiger partial charge < -0.3 is 19.5 Å². The molecule has 0 saturated carbocycles. The summed E-state index contributed by atoms with van der Waals surface area (Å²) in [7, 11) is 0. The van der Waals surface area contributed by atoms with Gasteiger partial charge in [-0.15, -0.1) is 11.3 Å². The predicted octanol–water partition coefficient (Wildman–Crippen LogP) is 5.18. The zero-order chi connectivity index (χ0) is 22.7. The number of carbonyl (C=O) groups is 1. The summed E-state index contributed by atoms with van der Waals surface area (Å²) in [5, 5.41) is 18.6. The number of aryl methyl sites for hydroxylation is 2. The molecule has 0 amide bonds. The van der Waals surface area contributed by atoms with E-state index in [1.54, 1.807) is 35.6 Å². The van der Waals surface area contributed by atoms with Crippen LogP contribution in [0.4, 0.5) is 0 Å². The zero-order valence-corrected chi connectivity index (χ0v) is 19.0. The van der Waals surface area contributed by atoms with Crippen molar-refractivity contribution in [1.29, 1.82) is 0 Å². The van der Waals surface area contributed by atoms with Crippen molar-refractivity contribution in [2.75, 3.05) is 0 Å². The first-order chi connectivity index (χ1) is 15.5. The third-order valence-electron chi connectivity index (χ3n) is 5.48. The largest absolute Gasteiger partial charge is 0.489 e. The molecule has 0 atom stereocenters. The summed E-state index contributed by atoms with van der Waals surface area (Å²) in [5.41, 5.74) is 4.40. The van der Waals surface area contributed by atoms with Crippen molar-refractivity contribution in [3.8, 4) is 5.75 Å². The van der Waals surface area contributed by atoms with Crippen LogP contribution in [0.2, 0.25) is 0 Å². The Balaban J connectivity index is 1.48. The molecule has 0 spiro atoms. The molecule has 4 aromatic rings. The Bertz CT molecular complexity index is 1220. The van der Waals surface area contributed by atoms with Crippen molar-refractivity contribution in [2.24, 2.45) is 0 Å². The van der Waals surface area contributed by atoms with Gasteiger partial charge in [-0.25, -0.2) is 9.78 Å². The second kappa shape index (κ2) is 9.54. The molecular formula is C25H26N2O4S. The molecule has 0 aliphatic heterocycles. The Hall–Kier alpha value is -3.16. The fraction of sp³-hybridized carbons (Fsp3) is 0.280. The quantitative estimate of drug-likeness (QED) is 0.367. The van der Waals surface area contributed by atoms with Crippen molar-refractivity contribution in [2.45, 2.75) is 46.4 Å². The van der Waals surface area contributed by atoms with Crippen molar-refractivity contribution in [1.82, 2.24) is 9.55 Å². The lowest BCUT2D eigenvalue weighted by Gasteiger charge is -2.10. The van der Waals surface area contributed by atoms with Gasteiger partial charge in [0.25, 0.3) is 0 Å². The van der Waals surface area contributed by atoms with E-state index in [1.165, 1.54) is 0 Å². The molecular weight excluding hydrogens is 424 g/mol. The summed E-state index contributed by atoms with van der Waals surface area (Å²) in [6, 6.07) is 14.7. The summed E-state index contributed by atoms with van der Waals surface area (Å²) in [6.07, 6.45) is 1.94. The van der Waals surface area contributed by atoms with E-state index in [0.717, 1.165) is 56.3 Å². The smallest absolute Gasteiger partial charge is 0.335 e. The van der Waals surface area contributed by atoms with Crippen molar-refractivity contribution >= 4 is 27.7 Å². The number of imidazole rings is 1. The van der Waals surface area contributed by atoms with E-state index in [-0.39, 0.29) is 12.2 Å². The summed E-state index contributed by atoms with van der Waals surface area (Å²) < 4.78 is 8.12. The molecule has 0 radical (unpaired) electrons. The van der Waals surface area contributed by atoms with Crippen molar-refractivity contribution in [3.05, 3.63) is 81.5 Å². The van der Waals surface area contributed by atoms with Gasteiger partial charge in [-0.05, 0) is 54.3 Å². The van der Waals surface area contributed by atoms with Gasteiger partial charge in [-0.1, -0.05) is 31.2 Å². The van der Waals surface area contributed by atoms with Gasteiger partial charge in [-0.2, -0.15) is 0 Å². The van der Waals surface area contributed by atoms with E-state index in [0.29, 0.717) is 13.2 Å². The average molecular weight is 451 g/mol. The van der Waals surface area contributed by atoms with Gasteiger partial charge in [0.2, 0.25) is 0 Å². The molecule has 0 aliphatic rings. The maximum absolute atomic E-state index is 11.0. The van der Waals surface area contributed by atoms with Gasteiger partial charge >= 0.3 is 5.97 Å². The molecule has 32 heavy (non-hydrogen) atoms. The number of carboxylic acid groups (broad SMARTS) is 1. The molecule has 0 fully saturated rings. The van der Waals surface area contributed by atoms with E-state index in [4.69, 9.17) is 14.8 Å². The van der Waals surface area contributed by atoms with Crippen LogP contribution in [0.5, 0.6) is 5.75 Å². The number of rotatable bonds is 9. The Labute approximate surface area is 190 Å². The Morgan fingerprint density at radius 3 is 2.41 bits per heavy atom. The number of nitrogens with zero attached hydrogens (tertiary/aromatic N) is 2. The second-order valence-corrected chi connectivity index (χ2v) is 8.84. The molecule has 2 heterocycles. The highest BCUT2D eigenvalue weighted by molar-refractivity contribution is 7.18. The molecule has 2 aromatic carbocycles. The molecule has 0 aliphatic carbocycles. The normalized spacial score (nSPS) is 11.2. The Morgan fingerprint density at radius 2 is 1.78 bits per heavy atom. The SMILES string of the molecule is CCCc1nc2c(C)c(CO)sc2n1Cc1ccc(OCc2ccc(C(=O)O)cc2)cc1. The number of fused-ring (bicyclic) bond motifs is 1. The number of aliphatic hydroxyl groups is 1. The highest BCUT2D eigenvalue weighted by Crippen LogP contribution is 2.32. The Kier molecular flexibility index (Phi) is 6.58. The number of thiophene rings is 1. The third-order valence-corrected chi connectivity index (χ3v) is 6.77. The lowest BCUT2D eigenvalue weighted by molar-refractivity contribution is 0.0697. The second-order valence-electron chi connectivity index (χ2n) is 7.76. The first-order valence-electron chi connectivity index (χ1n) is 10.6. The van der Waals surface area contributed by atoms with Gasteiger partial charge in [-0.3, -0.25) is 0 Å². The van der Waals surface area contributed by atoms with Crippen molar-refractivity contribution < 1.29 is 19.7 Å². The highest BCUT2D eigenvalue weighted by Gasteiger charge is 2.17. The van der Waals surface area contributed by atoms with E-state index in [2.05, 4.69) is 23.6 Å². The van der Waals surface area contributed by atoms with Crippen LogP contribution in [-0.2, 0) is 26.2 Å². The standard InChI is InChI=1S/C25H26N2O4S/c1-3-4-22-26-23-16(2)21(14-28)32-24(23)27(22)13-17-7-11-20(12-8-17)31-15-18-5-9-19(10-6-18)25(29)30/h5-12,28H,3-4,13-15H2,1-2H3,(H,29,30). The van der Waals surface area contributed by atoms with Crippen molar-refractivity contribution in [3.63, 3.8) is 0 Å². The summed E-state index contributed by atoms with van der Waals surface area (Å²) in [6.45, 7) is 5.31. The maximum Gasteiger partial charge on any atom is 0.335 e. The fourth-order valence-corrected chi connectivity index (χ4v) is 4.79. The number of carboxylic acids is 1. The fourth-order valence-electron chi connectivity index (χ4n) is 3.67. The van der Waals surface area contributed by atoms with Gasteiger partial charge in [0, 0.05) is 11.3 Å². The highest BCUT2D eigenvalue weighted by atomic mass is 32.1. The van der Waals surface area contributed by atoms with Crippen LogP contribution in [0.3, 0.4) is 0 Å². The Morgan fingerprint density at radius 1 is 1.09 bits per heavy atom. The average Bonchev–Trinajstić information content (AvgIpc) is 3.29. The molecule has 0 saturated heterocycles. The molecule has 6 nitrogen and oxygen atoms in total. The number of aliphatic hydroxyl groups excluding tert-OH is 1. The van der Waals surface area contributed by atoms with Crippen LogP contribution in [0, 0.1) is 6.92 Å². The minimum absolute atomic E-state index is 0.0427. The lowest BCUT2D eigenvalue weighted by atomic mass is 10.1. The molecule has 4 rings (SSSR count). The first kappa shape index (κ1) is 22.0. The summed E-state index contributed by atoms with van der Waals surface area (Å²) >= 11 is 1.62. The molecule has 2 aromatic heterocycles. The first-order valence-corrected chi connectivity index (χ1v) is 11.4. The van der Waals surface area contributed by atoms with Crippen LogP contribution in [0.15, 0.2) is 48.5 Å². The maximum atomic E-state index is 11.0. The van der Waals surface area contributed by atoms with E-state index < -0.39 is 5.97 Å². The lowest BCUT2D eigenvalue weighted by Crippen LogP contribution is -2.05. The van der Waals surface area contributed by atoms with E-state index in [1.807, 2.05) is 19.1 Å². The summed E-state index contributed by atoms with van der Waals surface area (Å²) in [5.74, 6) is 0.900. The number of hydrogen-bond donors (Lipinski definition) is 2. The van der Waals surface area contributed by atoms with E-state index in [9.17, 15) is 9.90 Å². The third kappa shape index (κ3) is 4.54. The molecule has 0 unspecified atom stereocenters. The van der Waals surface area contributed by atoms with Gasteiger partial charge in [0.15, 0.2) is 0 Å². The van der Waals surface area contributed by atoms with Gasteiger partial charge in [0.1, 0.15) is 28.5 Å². The summed E-state index contributed by atoms with van der Waals surface area (Å²) in [4.78, 5) is 17.9. The van der Waals surface area contributed by atoms with Crippen LogP contribution >= 0.6 is 11.3 Å². The predicted molar refractivity (Wildman–Crippen MR) is 126 cm³/mol. The topological polar surface area (TPSA) is 84.6 Å². The van der Waals surface area contributed by atoms with Crippen LogP contribution < -0.4 is 4.74 Å². The molecule has 7 heteroatoms. The van der Waals surface area contributed by atoms with E-state index >= 15 is 0 Å². The molecule has 0 bridgehead atoms. The number of aromatic nitrogens is 2. The number of hydrogen-bond acceptors (Lipinski definition) is 5. The van der Waals surface area contributed by atoms with Crippen LogP contribution in [0.25, 0.3) is 10.3 Å². The molecule has 166 valence electrons. The minimum atomic E-state index is -0.935. The molecule has 2 N–H and O–H groups in total. The van der Waals surface area contributed by atoms with Crippen LogP contribution in [-0.4, -0.2) is 25.7 Å². The van der Waals surface area contributed by atoms with Crippen LogP contribution in [0.1, 0.15) is 51.1 Å².